The fourth-order valence-electron chi connectivity index (χ4n) is 5.74. The van der Waals surface area contributed by atoms with Crippen LogP contribution in [0.1, 0.15) is 0 Å². The van der Waals surface area contributed by atoms with Gasteiger partial charge in [0, 0.05) is 16.5 Å². The van der Waals surface area contributed by atoms with Gasteiger partial charge in [-0.3, -0.25) is 0 Å². The Balaban J connectivity index is 1.27. The summed E-state index contributed by atoms with van der Waals surface area (Å²) in [6, 6.07) is 50.5. The summed E-state index contributed by atoms with van der Waals surface area (Å²) >= 11 is 0. The first-order chi connectivity index (χ1) is 20.3. The van der Waals surface area contributed by atoms with Gasteiger partial charge in [0.25, 0.3) is 0 Å². The Morgan fingerprint density at radius 2 is 1.05 bits per heavy atom. The van der Waals surface area contributed by atoms with Crippen LogP contribution in [-0.2, 0) is 0 Å². The zero-order chi connectivity index (χ0) is 27.2. The molecular formula is C38H24N2O. The molecule has 8 aromatic rings. The normalized spacial score (nSPS) is 11.4. The number of para-hydroxylation sites is 1. The number of aromatic nitrogens is 2. The van der Waals surface area contributed by atoms with E-state index < -0.39 is 0 Å². The average Bonchev–Trinajstić information content (AvgIpc) is 3.43. The Kier molecular flexibility index (Phi) is 5.46. The molecule has 0 radical (unpaired) electrons. The van der Waals surface area contributed by atoms with Crippen LogP contribution >= 0.6 is 0 Å². The van der Waals surface area contributed by atoms with E-state index >= 15 is 0 Å². The highest BCUT2D eigenvalue weighted by Gasteiger charge is 2.18. The predicted molar refractivity (Wildman–Crippen MR) is 169 cm³/mol. The molecule has 41 heavy (non-hydrogen) atoms. The summed E-state index contributed by atoms with van der Waals surface area (Å²) < 4.78 is 6.24. The van der Waals surface area contributed by atoms with Crippen molar-refractivity contribution in [2.45, 2.75) is 0 Å². The first kappa shape index (κ1) is 23.4. The van der Waals surface area contributed by atoms with Crippen molar-refractivity contribution < 1.29 is 4.42 Å². The van der Waals surface area contributed by atoms with E-state index in [9.17, 15) is 0 Å². The van der Waals surface area contributed by atoms with Crippen LogP contribution in [0.15, 0.2) is 150 Å². The van der Waals surface area contributed by atoms with Crippen LogP contribution < -0.4 is 0 Å². The third-order valence-electron chi connectivity index (χ3n) is 7.70. The molecule has 0 saturated heterocycles. The molecule has 0 amide bonds. The van der Waals surface area contributed by atoms with Gasteiger partial charge in [-0.25, -0.2) is 4.98 Å². The summed E-state index contributed by atoms with van der Waals surface area (Å²) in [4.78, 5) is 10.1. The van der Waals surface area contributed by atoms with Crippen molar-refractivity contribution in [2.24, 2.45) is 0 Å². The van der Waals surface area contributed by atoms with Gasteiger partial charge < -0.3 is 4.42 Å². The maximum Gasteiger partial charge on any atom is 0.231 e. The minimum atomic E-state index is 0.596. The highest BCUT2D eigenvalue weighted by molar-refractivity contribution is 6.10. The predicted octanol–water partition coefficient (Wildman–Crippen LogP) is 10.2. The summed E-state index contributed by atoms with van der Waals surface area (Å²) in [5.41, 5.74) is 8.93. The van der Waals surface area contributed by atoms with Crippen LogP contribution in [0.5, 0.6) is 0 Å². The van der Waals surface area contributed by atoms with E-state index in [-0.39, 0.29) is 0 Å². The van der Waals surface area contributed by atoms with Gasteiger partial charge >= 0.3 is 0 Å². The summed E-state index contributed by atoms with van der Waals surface area (Å²) in [5, 5.41) is 4.45. The van der Waals surface area contributed by atoms with E-state index in [1.165, 1.54) is 21.9 Å². The quantitative estimate of drug-likeness (QED) is 0.230. The number of nitrogens with zero attached hydrogens (tertiary/aromatic N) is 2. The first-order valence-electron chi connectivity index (χ1n) is 13.8. The lowest BCUT2D eigenvalue weighted by molar-refractivity contribution is 0.653. The molecule has 2 aromatic heterocycles. The van der Waals surface area contributed by atoms with E-state index in [2.05, 4.69) is 109 Å². The fourth-order valence-corrected chi connectivity index (χ4v) is 5.74. The Morgan fingerprint density at radius 3 is 1.90 bits per heavy atom. The van der Waals surface area contributed by atoms with Crippen LogP contribution in [0.25, 0.3) is 77.7 Å². The van der Waals surface area contributed by atoms with Crippen molar-refractivity contribution in [1.29, 1.82) is 0 Å². The molecule has 3 heteroatoms. The fraction of sp³-hybridized carbons (Fsp3) is 0. The van der Waals surface area contributed by atoms with Crippen LogP contribution in [0.2, 0.25) is 0 Å². The summed E-state index contributed by atoms with van der Waals surface area (Å²) in [7, 11) is 0. The molecule has 0 spiro atoms. The van der Waals surface area contributed by atoms with Crippen molar-refractivity contribution in [3.05, 3.63) is 146 Å². The largest absolute Gasteiger partial charge is 0.438 e. The Hall–Kier alpha value is -5.54. The van der Waals surface area contributed by atoms with E-state index in [1.54, 1.807) is 0 Å². The topological polar surface area (TPSA) is 38.9 Å². The third-order valence-corrected chi connectivity index (χ3v) is 7.70. The molecule has 0 aliphatic carbocycles. The number of rotatable bonds is 4. The molecule has 8 rings (SSSR count). The van der Waals surface area contributed by atoms with Crippen LogP contribution in [-0.4, -0.2) is 9.97 Å². The second-order valence-electron chi connectivity index (χ2n) is 10.2. The SMILES string of the molecule is c1ccc(-c2nc(-c3cccc(-c4cccc(-c5cccc6ccccc56)c4)c3)nc3oc4ccccc4c23)cc1. The molecule has 0 aliphatic rings. The van der Waals surface area contributed by atoms with Crippen molar-refractivity contribution in [3.8, 4) is 44.9 Å². The first-order valence-corrected chi connectivity index (χ1v) is 13.8. The Labute approximate surface area is 237 Å². The second-order valence-corrected chi connectivity index (χ2v) is 10.2. The molecular weight excluding hydrogens is 500 g/mol. The number of hydrogen-bond acceptors (Lipinski definition) is 3. The standard InChI is InChI=1S/C38H24N2O/c1-2-12-26(13-3-1)36-35-33-20-6-7-22-34(33)41-38(35)40-37(39-36)30-18-9-16-28(24-30)27-15-8-17-29(23-27)32-21-10-14-25-11-4-5-19-31(25)32/h1-24H. The summed E-state index contributed by atoms with van der Waals surface area (Å²) in [5.74, 6) is 0.641. The lowest BCUT2D eigenvalue weighted by Gasteiger charge is -2.11. The third kappa shape index (κ3) is 4.07. The Bertz CT molecular complexity index is 2210. The minimum absolute atomic E-state index is 0.596. The molecule has 0 atom stereocenters. The number of benzene rings is 6. The molecule has 192 valence electrons. The number of hydrogen-bond donors (Lipinski definition) is 0. The van der Waals surface area contributed by atoms with Gasteiger partial charge in [-0.15, -0.1) is 0 Å². The highest BCUT2D eigenvalue weighted by atomic mass is 16.3. The maximum atomic E-state index is 6.24. The lowest BCUT2D eigenvalue weighted by atomic mass is 9.95. The van der Waals surface area contributed by atoms with Crippen LogP contribution in [0.4, 0.5) is 0 Å². The molecule has 6 aromatic carbocycles. The van der Waals surface area contributed by atoms with Gasteiger partial charge in [-0.1, -0.05) is 127 Å². The number of furan rings is 1. The van der Waals surface area contributed by atoms with Crippen molar-refractivity contribution in [2.75, 3.05) is 0 Å². The van der Waals surface area contributed by atoms with E-state index in [0.717, 1.165) is 44.3 Å². The molecule has 0 N–H and O–H groups in total. The Morgan fingerprint density at radius 1 is 0.439 bits per heavy atom. The van der Waals surface area contributed by atoms with Crippen LogP contribution in [0.3, 0.4) is 0 Å². The smallest absolute Gasteiger partial charge is 0.231 e. The van der Waals surface area contributed by atoms with Gasteiger partial charge in [0.2, 0.25) is 5.71 Å². The molecule has 0 unspecified atom stereocenters. The van der Waals surface area contributed by atoms with E-state index in [1.807, 2.05) is 36.4 Å². The van der Waals surface area contributed by atoms with Gasteiger partial charge in [-0.2, -0.15) is 4.98 Å². The van der Waals surface area contributed by atoms with Gasteiger partial charge in [-0.05, 0) is 51.2 Å². The molecule has 0 fully saturated rings. The number of fused-ring (bicyclic) bond motifs is 4. The summed E-state index contributed by atoms with van der Waals surface area (Å²) in [6.07, 6.45) is 0. The van der Waals surface area contributed by atoms with E-state index in [4.69, 9.17) is 14.4 Å². The zero-order valence-corrected chi connectivity index (χ0v) is 22.2. The van der Waals surface area contributed by atoms with Crippen molar-refractivity contribution in [3.63, 3.8) is 0 Å². The van der Waals surface area contributed by atoms with E-state index in [0.29, 0.717) is 11.5 Å². The summed E-state index contributed by atoms with van der Waals surface area (Å²) in [6.45, 7) is 0. The molecule has 2 heterocycles. The van der Waals surface area contributed by atoms with Crippen molar-refractivity contribution >= 4 is 32.8 Å². The monoisotopic (exact) mass is 524 g/mol. The maximum absolute atomic E-state index is 6.24. The van der Waals surface area contributed by atoms with Crippen molar-refractivity contribution in [1.82, 2.24) is 9.97 Å². The molecule has 0 aliphatic heterocycles. The second kappa shape index (κ2) is 9.58. The average molecular weight is 525 g/mol. The van der Waals surface area contributed by atoms with Gasteiger partial charge in [0.1, 0.15) is 5.58 Å². The minimum Gasteiger partial charge on any atom is -0.438 e. The van der Waals surface area contributed by atoms with Gasteiger partial charge in [0.05, 0.1) is 11.1 Å². The van der Waals surface area contributed by atoms with Crippen LogP contribution in [0, 0.1) is 0 Å². The zero-order valence-electron chi connectivity index (χ0n) is 22.2. The molecule has 0 saturated carbocycles. The molecule has 0 bridgehead atoms. The van der Waals surface area contributed by atoms with Gasteiger partial charge in [0.15, 0.2) is 5.82 Å². The molecule has 3 nitrogen and oxygen atoms in total. The highest BCUT2D eigenvalue weighted by Crippen LogP contribution is 2.37. The lowest BCUT2D eigenvalue weighted by Crippen LogP contribution is -1.94.